The van der Waals surface area contributed by atoms with Crippen molar-refractivity contribution in [2.24, 2.45) is 5.92 Å². The summed E-state index contributed by atoms with van der Waals surface area (Å²) in [5, 5.41) is 5.47. The third kappa shape index (κ3) is 4.71. The first-order chi connectivity index (χ1) is 17.4. The molecule has 1 amide bonds. The number of carbonyl (C=O) groups excluding carboxylic acids is 2. The maximum absolute atomic E-state index is 13.2. The lowest BCUT2D eigenvalue weighted by Crippen LogP contribution is -2.42. The van der Waals surface area contributed by atoms with Crippen molar-refractivity contribution in [2.75, 3.05) is 25.0 Å². The number of esters is 1. The van der Waals surface area contributed by atoms with Crippen molar-refractivity contribution in [3.8, 4) is 0 Å². The normalized spacial score (nSPS) is 16.8. The van der Waals surface area contributed by atoms with Gasteiger partial charge < -0.3 is 4.74 Å². The minimum absolute atomic E-state index is 0.0787. The molecule has 1 N–H and O–H groups in total. The molecule has 1 aromatic heterocycles. The lowest BCUT2D eigenvalue weighted by molar-refractivity contribution is -0.149. The number of sulfonamides is 1. The third-order valence-electron chi connectivity index (χ3n) is 6.26. The molecule has 1 atom stereocenters. The summed E-state index contributed by atoms with van der Waals surface area (Å²) in [6, 6.07) is 17.7. The zero-order valence-corrected chi connectivity index (χ0v) is 21.3. The van der Waals surface area contributed by atoms with Crippen LogP contribution in [0.2, 0.25) is 0 Å². The molecule has 0 spiro atoms. The predicted octanol–water partition coefficient (Wildman–Crippen LogP) is 4.67. The van der Waals surface area contributed by atoms with Gasteiger partial charge in [0.05, 0.1) is 27.6 Å². The van der Waals surface area contributed by atoms with Gasteiger partial charge in [-0.1, -0.05) is 41.7 Å². The van der Waals surface area contributed by atoms with E-state index in [0.29, 0.717) is 30.1 Å². The minimum atomic E-state index is -3.80. The summed E-state index contributed by atoms with van der Waals surface area (Å²) in [5.74, 6) is -1.21. The largest absolute Gasteiger partial charge is 0.466 e. The first-order valence-corrected chi connectivity index (χ1v) is 14.0. The topological polar surface area (TPSA) is 106 Å². The first-order valence-electron chi connectivity index (χ1n) is 11.7. The summed E-state index contributed by atoms with van der Waals surface area (Å²) >= 11 is 1.40. The molecule has 8 nitrogen and oxygen atoms in total. The maximum atomic E-state index is 13.2. The van der Waals surface area contributed by atoms with Crippen LogP contribution in [0.5, 0.6) is 0 Å². The molecule has 0 bridgehead atoms. The first kappa shape index (κ1) is 24.4. The van der Waals surface area contributed by atoms with Crippen LogP contribution in [0.3, 0.4) is 0 Å². The lowest BCUT2D eigenvalue weighted by atomic mass is 10.0. The highest BCUT2D eigenvalue weighted by molar-refractivity contribution is 7.89. The molecule has 2 heterocycles. The quantitative estimate of drug-likeness (QED) is 0.368. The average Bonchev–Trinajstić information content (AvgIpc) is 3.32. The van der Waals surface area contributed by atoms with Crippen molar-refractivity contribution in [3.63, 3.8) is 0 Å². The van der Waals surface area contributed by atoms with Gasteiger partial charge in [0.25, 0.3) is 5.91 Å². The van der Waals surface area contributed by atoms with Gasteiger partial charge in [0.1, 0.15) is 0 Å². The Morgan fingerprint density at radius 1 is 1.11 bits per heavy atom. The van der Waals surface area contributed by atoms with Crippen molar-refractivity contribution >= 4 is 59.4 Å². The van der Waals surface area contributed by atoms with Crippen LogP contribution in [0.1, 0.15) is 30.1 Å². The molecule has 0 saturated carbocycles. The summed E-state index contributed by atoms with van der Waals surface area (Å²) in [5.41, 5.74) is 1.12. The Morgan fingerprint density at radius 3 is 2.67 bits per heavy atom. The van der Waals surface area contributed by atoms with Crippen LogP contribution in [0.25, 0.3) is 21.0 Å². The maximum Gasteiger partial charge on any atom is 0.310 e. The van der Waals surface area contributed by atoms with E-state index < -0.39 is 15.9 Å². The number of hydrogen-bond acceptors (Lipinski definition) is 7. The van der Waals surface area contributed by atoms with Crippen LogP contribution in [-0.4, -0.2) is 49.3 Å². The van der Waals surface area contributed by atoms with E-state index in [0.717, 1.165) is 21.0 Å². The van der Waals surface area contributed by atoms with Crippen molar-refractivity contribution in [2.45, 2.75) is 24.7 Å². The van der Waals surface area contributed by atoms with E-state index in [1.54, 1.807) is 6.92 Å². The standard InChI is InChI=1S/C26H25N3O5S2/c1-2-34-25(31)19-7-5-15-29(16-19)36(32,33)20-12-9-18(10-13-20)24(30)28-26-27-22-14-11-17-6-3-4-8-21(17)23(22)35-26/h3-4,6,8-14,19H,2,5,7,15-16H2,1H3,(H,27,28,30). The van der Waals surface area contributed by atoms with E-state index in [9.17, 15) is 18.0 Å². The van der Waals surface area contributed by atoms with Crippen LogP contribution < -0.4 is 5.32 Å². The molecule has 0 aliphatic carbocycles. The van der Waals surface area contributed by atoms with Crippen LogP contribution in [0.4, 0.5) is 5.13 Å². The van der Waals surface area contributed by atoms with Crippen LogP contribution in [-0.2, 0) is 19.6 Å². The number of nitrogens with zero attached hydrogens (tertiary/aromatic N) is 2. The Labute approximate surface area is 212 Å². The molecule has 10 heteroatoms. The van der Waals surface area contributed by atoms with Gasteiger partial charge in [-0.3, -0.25) is 14.9 Å². The second-order valence-electron chi connectivity index (χ2n) is 8.59. The SMILES string of the molecule is CCOC(=O)C1CCCN(S(=O)(=O)c2ccc(C(=O)Nc3nc4ccc5ccccc5c4s3)cc2)C1. The van der Waals surface area contributed by atoms with Crippen LogP contribution in [0, 0.1) is 5.92 Å². The number of anilines is 1. The number of benzene rings is 3. The smallest absolute Gasteiger partial charge is 0.310 e. The van der Waals surface area contributed by atoms with Gasteiger partial charge in [0.2, 0.25) is 10.0 Å². The summed E-state index contributed by atoms with van der Waals surface area (Å²) in [7, 11) is -3.80. The third-order valence-corrected chi connectivity index (χ3v) is 9.16. The highest BCUT2D eigenvalue weighted by atomic mass is 32.2. The molecule has 5 rings (SSSR count). The fourth-order valence-electron chi connectivity index (χ4n) is 4.42. The molecule has 1 unspecified atom stereocenters. The molecule has 1 saturated heterocycles. The Morgan fingerprint density at radius 2 is 1.89 bits per heavy atom. The van der Waals surface area contributed by atoms with Gasteiger partial charge in [-0.05, 0) is 55.5 Å². The van der Waals surface area contributed by atoms with Crippen molar-refractivity contribution in [3.05, 3.63) is 66.2 Å². The molecule has 1 fully saturated rings. The monoisotopic (exact) mass is 523 g/mol. The fraction of sp³-hybridized carbons (Fsp3) is 0.269. The number of ether oxygens (including phenoxy) is 1. The van der Waals surface area contributed by atoms with E-state index in [2.05, 4.69) is 10.3 Å². The molecule has 4 aromatic rings. The van der Waals surface area contributed by atoms with E-state index in [1.165, 1.54) is 39.9 Å². The van der Waals surface area contributed by atoms with E-state index in [1.807, 2.05) is 36.4 Å². The molecule has 0 radical (unpaired) electrons. The van der Waals surface area contributed by atoms with E-state index in [4.69, 9.17) is 4.74 Å². The van der Waals surface area contributed by atoms with Crippen molar-refractivity contribution in [1.82, 2.24) is 9.29 Å². The van der Waals surface area contributed by atoms with Gasteiger partial charge in [-0.25, -0.2) is 13.4 Å². The minimum Gasteiger partial charge on any atom is -0.466 e. The molecule has 36 heavy (non-hydrogen) atoms. The number of rotatable bonds is 6. The number of hydrogen-bond donors (Lipinski definition) is 1. The van der Waals surface area contributed by atoms with Gasteiger partial charge in [0, 0.05) is 24.0 Å². The van der Waals surface area contributed by atoms with E-state index in [-0.39, 0.29) is 29.9 Å². The molecular weight excluding hydrogens is 498 g/mol. The summed E-state index contributed by atoms with van der Waals surface area (Å²) in [6.45, 7) is 2.42. The van der Waals surface area contributed by atoms with Gasteiger partial charge in [0.15, 0.2) is 5.13 Å². The summed E-state index contributed by atoms with van der Waals surface area (Å²) < 4.78 is 33.7. The number of fused-ring (bicyclic) bond motifs is 3. The molecular formula is C26H25N3O5S2. The number of carbonyl (C=O) groups is 2. The Kier molecular flexibility index (Phi) is 6.74. The van der Waals surface area contributed by atoms with Crippen LogP contribution in [0.15, 0.2) is 65.6 Å². The Hall–Kier alpha value is -3.34. The number of nitrogens with one attached hydrogen (secondary N) is 1. The van der Waals surface area contributed by atoms with Gasteiger partial charge in [-0.2, -0.15) is 4.31 Å². The summed E-state index contributed by atoms with van der Waals surface area (Å²) in [6.07, 6.45) is 1.19. The number of thiazole rings is 1. The number of piperidine rings is 1. The molecule has 1 aliphatic heterocycles. The summed E-state index contributed by atoms with van der Waals surface area (Å²) in [4.78, 5) is 29.6. The van der Waals surface area contributed by atoms with Gasteiger partial charge >= 0.3 is 5.97 Å². The Balaban J connectivity index is 1.31. The van der Waals surface area contributed by atoms with Crippen molar-refractivity contribution in [1.29, 1.82) is 0 Å². The van der Waals surface area contributed by atoms with Gasteiger partial charge in [-0.15, -0.1) is 0 Å². The molecule has 3 aromatic carbocycles. The second kappa shape index (κ2) is 9.96. The highest BCUT2D eigenvalue weighted by Crippen LogP contribution is 2.33. The zero-order valence-electron chi connectivity index (χ0n) is 19.6. The number of amides is 1. The molecule has 1 aliphatic rings. The predicted molar refractivity (Wildman–Crippen MR) is 140 cm³/mol. The fourth-order valence-corrected chi connectivity index (χ4v) is 6.94. The second-order valence-corrected chi connectivity index (χ2v) is 11.5. The van der Waals surface area contributed by atoms with E-state index >= 15 is 0 Å². The highest BCUT2D eigenvalue weighted by Gasteiger charge is 2.34. The zero-order chi connectivity index (χ0) is 25.3. The van der Waals surface area contributed by atoms with Crippen LogP contribution >= 0.6 is 11.3 Å². The lowest BCUT2D eigenvalue weighted by Gasteiger charge is -2.30. The average molecular weight is 524 g/mol. The molecule has 186 valence electrons. The Bertz CT molecular complexity index is 1550. The number of aromatic nitrogens is 1. The van der Waals surface area contributed by atoms with Crippen molar-refractivity contribution < 1.29 is 22.7 Å².